The summed E-state index contributed by atoms with van der Waals surface area (Å²) in [7, 11) is 0. The van der Waals surface area contributed by atoms with Crippen molar-refractivity contribution in [3.05, 3.63) is 0 Å². The molecule has 11 heavy (non-hydrogen) atoms. The first-order valence-corrected chi connectivity index (χ1v) is 3.74. The van der Waals surface area contributed by atoms with Gasteiger partial charge in [-0.25, -0.2) is 4.79 Å². The van der Waals surface area contributed by atoms with E-state index in [1.54, 1.807) is 0 Å². The predicted molar refractivity (Wildman–Crippen MR) is 39.7 cm³/mol. The Morgan fingerprint density at radius 2 is 2.36 bits per heavy atom. The number of carbonyl (C=O) groups is 2. The average molecular weight is 156 g/mol. The van der Waals surface area contributed by atoms with E-state index in [-0.39, 0.29) is 11.9 Å². The number of piperidine rings is 1. The zero-order chi connectivity index (χ0) is 8.43. The molecule has 4 nitrogen and oxygen atoms in total. The summed E-state index contributed by atoms with van der Waals surface area (Å²) in [5, 5.41) is 0. The Morgan fingerprint density at radius 1 is 1.73 bits per heavy atom. The van der Waals surface area contributed by atoms with Crippen molar-refractivity contribution in [2.24, 2.45) is 5.73 Å². The molecule has 0 unspecified atom stereocenters. The summed E-state index contributed by atoms with van der Waals surface area (Å²) in [6.07, 6.45) is 2.19. The minimum absolute atomic E-state index is 0.0197. The van der Waals surface area contributed by atoms with E-state index in [4.69, 9.17) is 5.73 Å². The van der Waals surface area contributed by atoms with Gasteiger partial charge in [0.25, 0.3) is 0 Å². The Morgan fingerprint density at radius 3 is 2.73 bits per heavy atom. The van der Waals surface area contributed by atoms with Crippen molar-refractivity contribution in [2.75, 3.05) is 0 Å². The van der Waals surface area contributed by atoms with Crippen LogP contribution in [0.3, 0.4) is 0 Å². The zero-order valence-corrected chi connectivity index (χ0v) is 6.54. The fraction of sp³-hybridized carbons (Fsp3) is 0.714. The van der Waals surface area contributed by atoms with Crippen LogP contribution in [0.5, 0.6) is 0 Å². The Balaban J connectivity index is 2.70. The third-order valence-corrected chi connectivity index (χ3v) is 1.96. The van der Waals surface area contributed by atoms with Crippen molar-refractivity contribution in [3.63, 3.8) is 0 Å². The molecule has 0 aliphatic carbocycles. The van der Waals surface area contributed by atoms with Crippen molar-refractivity contribution >= 4 is 11.9 Å². The normalized spacial score (nSPS) is 25.4. The Labute approximate surface area is 65.3 Å². The first-order chi connectivity index (χ1) is 5.13. The predicted octanol–water partition coefficient (Wildman–Crippen LogP) is 0.466. The van der Waals surface area contributed by atoms with Gasteiger partial charge in [0.15, 0.2) is 0 Å². The number of carbonyl (C=O) groups excluding carboxylic acids is 2. The van der Waals surface area contributed by atoms with Gasteiger partial charge in [0.2, 0.25) is 5.91 Å². The van der Waals surface area contributed by atoms with Crippen molar-refractivity contribution < 1.29 is 9.59 Å². The SMILES string of the molecule is C[C@@H]1CCCC(=O)N1C(N)=O. The molecular weight excluding hydrogens is 144 g/mol. The lowest BCUT2D eigenvalue weighted by molar-refractivity contribution is -0.131. The lowest BCUT2D eigenvalue weighted by atomic mass is 10.0. The molecule has 0 spiro atoms. The maximum absolute atomic E-state index is 11.1. The molecule has 0 aromatic heterocycles. The second-order valence-corrected chi connectivity index (χ2v) is 2.84. The molecule has 0 bridgehead atoms. The topological polar surface area (TPSA) is 63.4 Å². The maximum Gasteiger partial charge on any atom is 0.321 e. The second kappa shape index (κ2) is 2.90. The van der Waals surface area contributed by atoms with Crippen LogP contribution in [0, 0.1) is 0 Å². The molecule has 1 heterocycles. The zero-order valence-electron chi connectivity index (χ0n) is 6.54. The van der Waals surface area contributed by atoms with Crippen LogP contribution in [0.2, 0.25) is 0 Å². The van der Waals surface area contributed by atoms with Crippen LogP contribution in [0.4, 0.5) is 4.79 Å². The maximum atomic E-state index is 11.1. The average Bonchev–Trinajstić information content (AvgIpc) is 1.85. The smallest absolute Gasteiger partial charge is 0.321 e. The van der Waals surface area contributed by atoms with Gasteiger partial charge in [0.1, 0.15) is 0 Å². The van der Waals surface area contributed by atoms with Crippen LogP contribution >= 0.6 is 0 Å². The standard InChI is InChI=1S/C7H12N2O2/c1-5-3-2-4-6(10)9(5)7(8)11/h5H,2-4H2,1H3,(H2,8,11)/t5-/m1/s1. The van der Waals surface area contributed by atoms with E-state index in [2.05, 4.69) is 0 Å². The highest BCUT2D eigenvalue weighted by Crippen LogP contribution is 2.16. The van der Waals surface area contributed by atoms with Gasteiger partial charge < -0.3 is 5.73 Å². The van der Waals surface area contributed by atoms with E-state index in [0.29, 0.717) is 6.42 Å². The van der Waals surface area contributed by atoms with Gasteiger partial charge in [-0.2, -0.15) is 0 Å². The lowest BCUT2D eigenvalue weighted by Crippen LogP contribution is -2.48. The Hall–Kier alpha value is -1.06. The fourth-order valence-electron chi connectivity index (χ4n) is 1.38. The molecule has 62 valence electrons. The number of urea groups is 1. The van der Waals surface area contributed by atoms with Crippen molar-refractivity contribution in [3.8, 4) is 0 Å². The third kappa shape index (κ3) is 1.50. The summed E-state index contributed by atoms with van der Waals surface area (Å²) >= 11 is 0. The number of nitrogens with zero attached hydrogens (tertiary/aromatic N) is 1. The Bertz CT molecular complexity index is 191. The van der Waals surface area contributed by atoms with Gasteiger partial charge in [-0.05, 0) is 19.8 Å². The molecule has 1 atom stereocenters. The molecule has 0 saturated carbocycles. The molecule has 0 aromatic carbocycles. The number of rotatable bonds is 0. The molecular formula is C7H12N2O2. The molecule has 0 aromatic rings. The van der Waals surface area contributed by atoms with Crippen molar-refractivity contribution in [1.82, 2.24) is 4.90 Å². The monoisotopic (exact) mass is 156 g/mol. The number of nitrogens with two attached hydrogens (primary N) is 1. The first-order valence-electron chi connectivity index (χ1n) is 3.74. The summed E-state index contributed by atoms with van der Waals surface area (Å²) in [4.78, 5) is 22.9. The summed E-state index contributed by atoms with van der Waals surface area (Å²) in [5.41, 5.74) is 5.01. The largest absolute Gasteiger partial charge is 0.351 e. The Kier molecular flexibility index (Phi) is 2.12. The van der Waals surface area contributed by atoms with Crippen LogP contribution in [0.1, 0.15) is 26.2 Å². The first kappa shape index (κ1) is 8.04. The number of imide groups is 1. The number of hydrogen-bond acceptors (Lipinski definition) is 2. The molecule has 1 rings (SSSR count). The minimum atomic E-state index is -0.623. The number of primary amides is 1. The highest BCUT2D eigenvalue weighted by atomic mass is 16.2. The lowest BCUT2D eigenvalue weighted by Gasteiger charge is -2.29. The van der Waals surface area contributed by atoms with Gasteiger partial charge in [-0.15, -0.1) is 0 Å². The number of amides is 3. The molecule has 1 fully saturated rings. The van der Waals surface area contributed by atoms with Gasteiger partial charge in [-0.1, -0.05) is 0 Å². The number of likely N-dealkylation sites (tertiary alicyclic amines) is 1. The van der Waals surface area contributed by atoms with E-state index in [9.17, 15) is 9.59 Å². The van der Waals surface area contributed by atoms with E-state index in [1.807, 2.05) is 6.92 Å². The highest BCUT2D eigenvalue weighted by Gasteiger charge is 2.28. The van der Waals surface area contributed by atoms with E-state index in [1.165, 1.54) is 0 Å². The summed E-state index contributed by atoms with van der Waals surface area (Å²) in [6, 6.07) is -0.643. The summed E-state index contributed by atoms with van der Waals surface area (Å²) < 4.78 is 0. The quantitative estimate of drug-likeness (QED) is 0.554. The van der Waals surface area contributed by atoms with Crippen LogP contribution in [0.25, 0.3) is 0 Å². The van der Waals surface area contributed by atoms with Crippen molar-refractivity contribution in [2.45, 2.75) is 32.2 Å². The molecule has 1 saturated heterocycles. The van der Waals surface area contributed by atoms with E-state index >= 15 is 0 Å². The molecule has 4 heteroatoms. The molecule has 1 aliphatic heterocycles. The third-order valence-electron chi connectivity index (χ3n) is 1.96. The van der Waals surface area contributed by atoms with Gasteiger partial charge >= 0.3 is 6.03 Å². The van der Waals surface area contributed by atoms with E-state index < -0.39 is 6.03 Å². The summed E-state index contributed by atoms with van der Waals surface area (Å²) in [6.45, 7) is 1.84. The second-order valence-electron chi connectivity index (χ2n) is 2.84. The summed E-state index contributed by atoms with van der Waals surface area (Å²) in [5.74, 6) is -0.142. The van der Waals surface area contributed by atoms with Crippen LogP contribution in [-0.2, 0) is 4.79 Å². The van der Waals surface area contributed by atoms with Crippen LogP contribution in [0.15, 0.2) is 0 Å². The molecule has 3 amide bonds. The van der Waals surface area contributed by atoms with E-state index in [0.717, 1.165) is 17.7 Å². The van der Waals surface area contributed by atoms with Crippen LogP contribution < -0.4 is 5.73 Å². The van der Waals surface area contributed by atoms with Gasteiger partial charge in [-0.3, -0.25) is 9.69 Å². The molecule has 1 aliphatic rings. The molecule has 0 radical (unpaired) electrons. The minimum Gasteiger partial charge on any atom is -0.351 e. The van der Waals surface area contributed by atoms with Crippen LogP contribution in [-0.4, -0.2) is 22.9 Å². The van der Waals surface area contributed by atoms with Crippen molar-refractivity contribution in [1.29, 1.82) is 0 Å². The number of hydrogen-bond donors (Lipinski definition) is 1. The molecule has 2 N–H and O–H groups in total. The van der Waals surface area contributed by atoms with Gasteiger partial charge in [0, 0.05) is 12.5 Å². The highest BCUT2D eigenvalue weighted by molar-refractivity contribution is 5.94. The van der Waals surface area contributed by atoms with Gasteiger partial charge in [0.05, 0.1) is 0 Å². The fourth-order valence-corrected chi connectivity index (χ4v) is 1.38.